The molecule has 0 saturated carbocycles. The van der Waals surface area contributed by atoms with Crippen molar-refractivity contribution in [3.63, 3.8) is 0 Å². The summed E-state index contributed by atoms with van der Waals surface area (Å²) in [5, 5.41) is 8.94. The molecule has 0 amide bonds. The van der Waals surface area contributed by atoms with Gasteiger partial charge in [0.15, 0.2) is 0 Å². The number of aliphatic hydroxyl groups is 1. The molecule has 0 bridgehead atoms. The number of pyridine rings is 1. The zero-order valence-electron chi connectivity index (χ0n) is 10.6. The zero-order valence-corrected chi connectivity index (χ0v) is 11.4. The van der Waals surface area contributed by atoms with Crippen LogP contribution in [-0.4, -0.2) is 56.2 Å². The molecule has 1 aromatic heterocycles. The third-order valence-corrected chi connectivity index (χ3v) is 4.30. The van der Waals surface area contributed by atoms with Crippen LogP contribution in [0.3, 0.4) is 0 Å². The standard InChI is InChI=1S/C10H18N4O4S/c1-18-7-5-14(4-6-15)19(16,17)9-2-3-10(13-11)12-8-9/h2-3,8,15H,4-7,11H2,1H3,(H,12,13). The minimum Gasteiger partial charge on any atom is -0.395 e. The number of nitrogen functional groups attached to an aromatic ring is 1. The molecule has 0 aliphatic rings. The van der Waals surface area contributed by atoms with Gasteiger partial charge in [-0.25, -0.2) is 19.2 Å². The van der Waals surface area contributed by atoms with Crippen LogP contribution in [0.25, 0.3) is 0 Å². The van der Waals surface area contributed by atoms with Crippen LogP contribution in [-0.2, 0) is 14.8 Å². The van der Waals surface area contributed by atoms with E-state index in [4.69, 9.17) is 15.7 Å². The number of sulfonamides is 1. The lowest BCUT2D eigenvalue weighted by molar-refractivity contribution is 0.168. The van der Waals surface area contributed by atoms with E-state index in [9.17, 15) is 8.42 Å². The van der Waals surface area contributed by atoms with E-state index in [-0.39, 0.29) is 31.2 Å². The molecule has 108 valence electrons. The van der Waals surface area contributed by atoms with Gasteiger partial charge in [-0.1, -0.05) is 0 Å². The normalized spacial score (nSPS) is 11.8. The molecule has 8 nitrogen and oxygen atoms in total. The molecular formula is C10H18N4O4S. The van der Waals surface area contributed by atoms with Crippen molar-refractivity contribution in [1.29, 1.82) is 0 Å². The lowest BCUT2D eigenvalue weighted by Gasteiger charge is -2.20. The quantitative estimate of drug-likeness (QED) is 0.415. The van der Waals surface area contributed by atoms with Gasteiger partial charge >= 0.3 is 0 Å². The number of aliphatic hydroxyl groups excluding tert-OH is 1. The van der Waals surface area contributed by atoms with Crippen molar-refractivity contribution in [2.24, 2.45) is 5.84 Å². The Morgan fingerprint density at radius 1 is 1.47 bits per heavy atom. The molecule has 1 heterocycles. The molecule has 0 aromatic carbocycles. The van der Waals surface area contributed by atoms with Crippen LogP contribution in [0.1, 0.15) is 0 Å². The second-order valence-corrected chi connectivity index (χ2v) is 5.58. The van der Waals surface area contributed by atoms with Crippen LogP contribution < -0.4 is 11.3 Å². The van der Waals surface area contributed by atoms with Crippen LogP contribution in [0.4, 0.5) is 5.82 Å². The van der Waals surface area contributed by atoms with Gasteiger partial charge in [-0.15, -0.1) is 0 Å². The molecule has 0 unspecified atom stereocenters. The van der Waals surface area contributed by atoms with Crippen molar-refractivity contribution in [3.05, 3.63) is 18.3 Å². The number of nitrogens with zero attached hydrogens (tertiary/aromatic N) is 2. The molecule has 0 atom stereocenters. The number of aromatic nitrogens is 1. The first-order valence-corrected chi connectivity index (χ1v) is 7.03. The van der Waals surface area contributed by atoms with Gasteiger partial charge in [0.25, 0.3) is 0 Å². The van der Waals surface area contributed by atoms with Gasteiger partial charge in [0.05, 0.1) is 13.2 Å². The summed E-state index contributed by atoms with van der Waals surface area (Å²) in [4.78, 5) is 3.89. The van der Waals surface area contributed by atoms with E-state index in [1.165, 1.54) is 25.4 Å². The summed E-state index contributed by atoms with van der Waals surface area (Å²) in [6.45, 7) is 0.146. The van der Waals surface area contributed by atoms with Gasteiger partial charge in [-0.3, -0.25) is 0 Å². The number of methoxy groups -OCH3 is 1. The first kappa shape index (κ1) is 15.8. The summed E-state index contributed by atoms with van der Waals surface area (Å²) >= 11 is 0. The van der Waals surface area contributed by atoms with E-state index in [1.54, 1.807) is 0 Å². The van der Waals surface area contributed by atoms with Crippen LogP contribution in [0.15, 0.2) is 23.2 Å². The first-order valence-electron chi connectivity index (χ1n) is 5.59. The molecule has 9 heteroatoms. The van der Waals surface area contributed by atoms with E-state index >= 15 is 0 Å². The fraction of sp³-hybridized carbons (Fsp3) is 0.500. The van der Waals surface area contributed by atoms with Crippen LogP contribution in [0, 0.1) is 0 Å². The Kier molecular flexibility index (Phi) is 6.12. The fourth-order valence-corrected chi connectivity index (χ4v) is 2.79. The fourth-order valence-electron chi connectivity index (χ4n) is 1.42. The highest BCUT2D eigenvalue weighted by molar-refractivity contribution is 7.89. The van der Waals surface area contributed by atoms with Crippen molar-refractivity contribution in [2.45, 2.75) is 4.90 Å². The van der Waals surface area contributed by atoms with Gasteiger partial charge < -0.3 is 15.3 Å². The van der Waals surface area contributed by atoms with Gasteiger partial charge in [0, 0.05) is 26.4 Å². The minimum atomic E-state index is -3.70. The summed E-state index contributed by atoms with van der Waals surface area (Å²) in [6, 6.07) is 2.86. The monoisotopic (exact) mass is 290 g/mol. The maximum Gasteiger partial charge on any atom is 0.244 e. The highest BCUT2D eigenvalue weighted by atomic mass is 32.2. The van der Waals surface area contributed by atoms with Gasteiger partial charge in [0.1, 0.15) is 10.7 Å². The Bertz CT molecular complexity index is 477. The molecule has 0 saturated heterocycles. The van der Waals surface area contributed by atoms with Crippen molar-refractivity contribution in [3.8, 4) is 0 Å². The molecule has 0 spiro atoms. The average molecular weight is 290 g/mol. The Morgan fingerprint density at radius 2 is 2.21 bits per heavy atom. The maximum absolute atomic E-state index is 12.3. The number of rotatable bonds is 8. The maximum atomic E-state index is 12.3. The van der Waals surface area contributed by atoms with Crippen LogP contribution >= 0.6 is 0 Å². The van der Waals surface area contributed by atoms with E-state index in [2.05, 4.69) is 10.4 Å². The summed E-state index contributed by atoms with van der Waals surface area (Å²) < 4.78 is 30.6. The number of nitrogens with two attached hydrogens (primary N) is 1. The number of hydrogen-bond acceptors (Lipinski definition) is 7. The van der Waals surface area contributed by atoms with Gasteiger partial charge in [-0.2, -0.15) is 4.31 Å². The largest absolute Gasteiger partial charge is 0.395 e. The summed E-state index contributed by atoms with van der Waals surface area (Å²) in [6.07, 6.45) is 1.21. The zero-order chi connectivity index (χ0) is 14.3. The van der Waals surface area contributed by atoms with Gasteiger partial charge in [-0.05, 0) is 12.1 Å². The Hall–Kier alpha value is -1.26. The Balaban J connectivity index is 2.96. The highest BCUT2D eigenvalue weighted by Crippen LogP contribution is 2.15. The summed E-state index contributed by atoms with van der Waals surface area (Å²) in [5.41, 5.74) is 2.31. The molecule has 4 N–H and O–H groups in total. The summed E-state index contributed by atoms with van der Waals surface area (Å²) in [7, 11) is -2.22. The topological polar surface area (TPSA) is 118 Å². The second kappa shape index (κ2) is 7.36. The van der Waals surface area contributed by atoms with E-state index < -0.39 is 10.0 Å². The second-order valence-electron chi connectivity index (χ2n) is 3.64. The predicted octanol–water partition coefficient (Wildman–Crippen LogP) is -1.00. The van der Waals surface area contributed by atoms with Crippen molar-refractivity contribution < 1.29 is 18.3 Å². The molecule has 0 aliphatic carbocycles. The molecule has 0 aliphatic heterocycles. The third-order valence-electron chi connectivity index (χ3n) is 2.42. The Morgan fingerprint density at radius 3 is 2.68 bits per heavy atom. The molecule has 19 heavy (non-hydrogen) atoms. The molecule has 0 radical (unpaired) electrons. The van der Waals surface area contributed by atoms with Crippen LogP contribution in [0.5, 0.6) is 0 Å². The summed E-state index contributed by atoms with van der Waals surface area (Å²) in [5.74, 6) is 5.53. The number of ether oxygens (including phenoxy) is 1. The van der Waals surface area contributed by atoms with Gasteiger partial charge in [0.2, 0.25) is 10.0 Å². The van der Waals surface area contributed by atoms with Crippen molar-refractivity contribution >= 4 is 15.8 Å². The SMILES string of the molecule is COCCN(CCO)S(=O)(=O)c1ccc(NN)nc1. The molecule has 1 rings (SSSR count). The number of hydrogen-bond donors (Lipinski definition) is 3. The smallest absolute Gasteiger partial charge is 0.244 e. The lowest BCUT2D eigenvalue weighted by Crippen LogP contribution is -2.36. The number of hydrazine groups is 1. The van der Waals surface area contributed by atoms with E-state index in [0.717, 1.165) is 4.31 Å². The highest BCUT2D eigenvalue weighted by Gasteiger charge is 2.24. The van der Waals surface area contributed by atoms with Crippen LogP contribution in [0.2, 0.25) is 0 Å². The average Bonchev–Trinajstić information content (AvgIpc) is 2.43. The van der Waals surface area contributed by atoms with Crippen molar-refractivity contribution in [1.82, 2.24) is 9.29 Å². The molecule has 0 fully saturated rings. The third kappa shape index (κ3) is 4.11. The lowest BCUT2D eigenvalue weighted by atomic mass is 10.5. The van der Waals surface area contributed by atoms with E-state index in [0.29, 0.717) is 5.82 Å². The number of anilines is 1. The molecule has 1 aromatic rings. The minimum absolute atomic E-state index is 0.00256. The predicted molar refractivity (Wildman–Crippen MR) is 69.8 cm³/mol. The number of nitrogens with one attached hydrogen (secondary N) is 1. The molecular weight excluding hydrogens is 272 g/mol. The Labute approximate surface area is 112 Å². The van der Waals surface area contributed by atoms with Crippen molar-refractivity contribution in [2.75, 3.05) is 38.8 Å². The first-order chi connectivity index (χ1) is 9.06. The van der Waals surface area contributed by atoms with E-state index in [1.807, 2.05) is 0 Å².